The van der Waals surface area contributed by atoms with E-state index in [1.807, 2.05) is 18.5 Å². The molecule has 0 N–H and O–H groups in total. The van der Waals surface area contributed by atoms with E-state index in [1.54, 1.807) is 0 Å². The predicted octanol–water partition coefficient (Wildman–Crippen LogP) is 3.21. The zero-order valence-electron chi connectivity index (χ0n) is 12.4. The molecule has 1 aliphatic rings. The first-order valence-corrected chi connectivity index (χ1v) is 7.69. The summed E-state index contributed by atoms with van der Waals surface area (Å²) in [5.74, 6) is 0.923. The second-order valence-corrected chi connectivity index (χ2v) is 6.12. The van der Waals surface area contributed by atoms with Crippen molar-refractivity contribution in [3.8, 4) is 0 Å². The van der Waals surface area contributed by atoms with Crippen LogP contribution in [0.15, 0.2) is 0 Å². The molecule has 2 aromatic rings. The normalized spacial score (nSPS) is 24.6. The lowest BCUT2D eigenvalue weighted by atomic mass is 10.1. The lowest BCUT2D eigenvalue weighted by molar-refractivity contribution is 0.107. The maximum Gasteiger partial charge on any atom is 0.159 e. The van der Waals surface area contributed by atoms with Gasteiger partial charge in [0.15, 0.2) is 5.65 Å². The lowest BCUT2D eigenvalue weighted by Gasteiger charge is -2.20. The van der Waals surface area contributed by atoms with Crippen molar-refractivity contribution in [3.63, 3.8) is 0 Å². The number of aromatic nitrogens is 4. The van der Waals surface area contributed by atoms with E-state index in [0.29, 0.717) is 0 Å². The topological polar surface area (TPSA) is 44.9 Å². The van der Waals surface area contributed by atoms with Crippen LogP contribution in [-0.4, -0.2) is 32.0 Å². The molecule has 0 spiro atoms. The van der Waals surface area contributed by atoms with Crippen LogP contribution in [0.5, 0.6) is 0 Å². The fraction of sp³-hybridized carbons (Fsp3) is 0.714. The Labute approximate surface area is 123 Å². The minimum absolute atomic E-state index is 0.125. The van der Waals surface area contributed by atoms with Crippen LogP contribution in [-0.2, 0) is 11.3 Å². The molecule has 3 rings (SSSR count). The number of nitrogens with zero attached hydrogens (tertiary/aromatic N) is 4. The fourth-order valence-corrected chi connectivity index (χ4v) is 3.25. The molecular formula is C14H21ClN4O. The van der Waals surface area contributed by atoms with E-state index >= 15 is 0 Å². The fourth-order valence-electron chi connectivity index (χ4n) is 3.09. The van der Waals surface area contributed by atoms with Crippen molar-refractivity contribution in [2.24, 2.45) is 0 Å². The summed E-state index contributed by atoms with van der Waals surface area (Å²) in [4.78, 5) is 4.75. The molecular weight excluding hydrogens is 276 g/mol. The van der Waals surface area contributed by atoms with Crippen LogP contribution in [0.25, 0.3) is 11.2 Å². The Hall–Kier alpha value is -1.07. The molecule has 0 aromatic carbocycles. The summed E-state index contributed by atoms with van der Waals surface area (Å²) in [6.07, 6.45) is 1.18. The third-order valence-electron chi connectivity index (χ3n) is 4.09. The molecule has 3 atom stereocenters. The van der Waals surface area contributed by atoms with Gasteiger partial charge < -0.3 is 9.30 Å². The summed E-state index contributed by atoms with van der Waals surface area (Å²) in [7, 11) is 0. The molecule has 110 valence electrons. The molecule has 1 saturated heterocycles. The molecule has 0 bridgehead atoms. The summed E-state index contributed by atoms with van der Waals surface area (Å²) in [6, 6.07) is 0.289. The monoisotopic (exact) mass is 296 g/mol. The molecule has 20 heavy (non-hydrogen) atoms. The minimum Gasteiger partial charge on any atom is -0.376 e. The number of alkyl halides is 1. The van der Waals surface area contributed by atoms with Crippen molar-refractivity contribution in [1.82, 2.24) is 19.3 Å². The predicted molar refractivity (Wildman–Crippen MR) is 79.3 cm³/mol. The summed E-state index contributed by atoms with van der Waals surface area (Å²) >= 11 is 6.36. The second kappa shape index (κ2) is 5.04. The molecule has 2 aromatic heterocycles. The van der Waals surface area contributed by atoms with E-state index in [9.17, 15) is 0 Å². The summed E-state index contributed by atoms with van der Waals surface area (Å²) in [5, 5.41) is 4.45. The number of aryl methyl sites for hydroxylation is 2. The first-order valence-electron chi connectivity index (χ1n) is 7.25. The average Bonchev–Trinajstić information content (AvgIpc) is 3.05. The molecule has 0 amide bonds. The molecule has 6 heteroatoms. The van der Waals surface area contributed by atoms with Gasteiger partial charge in [0.1, 0.15) is 11.3 Å². The zero-order chi connectivity index (χ0) is 14.4. The standard InChI is InChI=1S/C14H21ClN4O/c1-5-18-14-12(9(3)17-18)16-13(8(2)15)19(14)11-6-7-20-10(11)4/h8,10-11H,5-7H2,1-4H3. The van der Waals surface area contributed by atoms with E-state index in [-0.39, 0.29) is 17.5 Å². The maximum absolute atomic E-state index is 6.36. The van der Waals surface area contributed by atoms with Crippen LogP contribution < -0.4 is 0 Å². The van der Waals surface area contributed by atoms with Gasteiger partial charge in [0.2, 0.25) is 0 Å². The number of fused-ring (bicyclic) bond motifs is 1. The van der Waals surface area contributed by atoms with Crippen molar-refractivity contribution in [3.05, 3.63) is 11.5 Å². The van der Waals surface area contributed by atoms with Gasteiger partial charge in [-0.2, -0.15) is 5.10 Å². The van der Waals surface area contributed by atoms with E-state index in [1.165, 1.54) is 0 Å². The van der Waals surface area contributed by atoms with Crippen LogP contribution in [0.3, 0.4) is 0 Å². The molecule has 5 nitrogen and oxygen atoms in total. The number of ether oxygens (including phenoxy) is 1. The third-order valence-corrected chi connectivity index (χ3v) is 4.29. The zero-order valence-corrected chi connectivity index (χ0v) is 13.2. The van der Waals surface area contributed by atoms with Crippen molar-refractivity contribution in [2.45, 2.75) is 58.2 Å². The van der Waals surface area contributed by atoms with Crippen molar-refractivity contribution < 1.29 is 4.74 Å². The number of halogens is 1. The second-order valence-electron chi connectivity index (χ2n) is 5.46. The Morgan fingerprint density at radius 2 is 2.25 bits per heavy atom. The molecule has 0 saturated carbocycles. The van der Waals surface area contributed by atoms with E-state index in [4.69, 9.17) is 21.3 Å². The van der Waals surface area contributed by atoms with Crippen molar-refractivity contribution in [2.75, 3.05) is 6.61 Å². The van der Waals surface area contributed by atoms with Crippen molar-refractivity contribution >= 4 is 22.8 Å². The van der Waals surface area contributed by atoms with Gasteiger partial charge >= 0.3 is 0 Å². The highest BCUT2D eigenvalue weighted by atomic mass is 35.5. The first-order chi connectivity index (χ1) is 9.54. The van der Waals surface area contributed by atoms with E-state index in [2.05, 4.69) is 23.5 Å². The molecule has 0 aliphatic carbocycles. The van der Waals surface area contributed by atoms with Gasteiger partial charge in [0, 0.05) is 13.2 Å². The van der Waals surface area contributed by atoms with Gasteiger partial charge in [-0.25, -0.2) is 9.67 Å². The van der Waals surface area contributed by atoms with Crippen LogP contribution in [0.4, 0.5) is 0 Å². The molecule has 3 unspecified atom stereocenters. The smallest absolute Gasteiger partial charge is 0.159 e. The Bertz CT molecular complexity index is 631. The van der Waals surface area contributed by atoms with Crippen molar-refractivity contribution in [1.29, 1.82) is 0 Å². The largest absolute Gasteiger partial charge is 0.376 e. The van der Waals surface area contributed by atoms with Crippen LogP contribution >= 0.6 is 11.6 Å². The molecule has 0 radical (unpaired) electrons. The summed E-state index contributed by atoms with van der Waals surface area (Å²) in [6.45, 7) is 9.81. The van der Waals surface area contributed by atoms with Crippen LogP contribution in [0.1, 0.15) is 50.1 Å². The maximum atomic E-state index is 6.36. The number of rotatable bonds is 3. The number of hydrogen-bond donors (Lipinski definition) is 0. The van der Waals surface area contributed by atoms with Crippen LogP contribution in [0, 0.1) is 6.92 Å². The van der Waals surface area contributed by atoms with E-state index < -0.39 is 0 Å². The quantitative estimate of drug-likeness (QED) is 0.817. The summed E-state index contributed by atoms with van der Waals surface area (Å²) < 4.78 is 10.0. The first kappa shape index (κ1) is 13.9. The average molecular weight is 297 g/mol. The number of hydrogen-bond acceptors (Lipinski definition) is 3. The number of imidazole rings is 1. The van der Waals surface area contributed by atoms with Gasteiger partial charge in [-0.05, 0) is 34.1 Å². The molecule has 1 aliphatic heterocycles. The highest BCUT2D eigenvalue weighted by Gasteiger charge is 2.32. The Balaban J connectivity index is 2.27. The van der Waals surface area contributed by atoms with Gasteiger partial charge in [0.05, 0.1) is 23.2 Å². The third kappa shape index (κ3) is 1.95. The Morgan fingerprint density at radius 3 is 2.80 bits per heavy atom. The molecule has 1 fully saturated rings. The summed E-state index contributed by atoms with van der Waals surface area (Å²) in [5.41, 5.74) is 3.01. The Kier molecular flexibility index (Phi) is 3.50. The van der Waals surface area contributed by atoms with Gasteiger partial charge in [-0.15, -0.1) is 11.6 Å². The van der Waals surface area contributed by atoms with Crippen LogP contribution in [0.2, 0.25) is 0 Å². The highest BCUT2D eigenvalue weighted by Crippen LogP contribution is 2.35. The van der Waals surface area contributed by atoms with Gasteiger partial charge in [-0.1, -0.05) is 0 Å². The van der Waals surface area contributed by atoms with E-state index in [0.717, 1.165) is 42.3 Å². The minimum atomic E-state index is -0.125. The highest BCUT2D eigenvalue weighted by molar-refractivity contribution is 6.20. The van der Waals surface area contributed by atoms with Gasteiger partial charge in [0.25, 0.3) is 0 Å². The Morgan fingerprint density at radius 1 is 1.50 bits per heavy atom. The van der Waals surface area contributed by atoms with Gasteiger partial charge in [-0.3, -0.25) is 0 Å². The lowest BCUT2D eigenvalue weighted by Crippen LogP contribution is -2.21. The SMILES string of the molecule is CCn1nc(C)c2nc(C(C)Cl)n(C3CCOC3C)c21. The molecule has 3 heterocycles.